The number of carbonyl (C=O) groups is 1. The molecule has 4 heteroatoms. The Balaban J connectivity index is 2.59. The van der Waals surface area contributed by atoms with Gasteiger partial charge < -0.3 is 15.3 Å². The Morgan fingerprint density at radius 1 is 1.42 bits per heavy atom. The van der Waals surface area contributed by atoms with Crippen LogP contribution in [0.25, 0.3) is 0 Å². The van der Waals surface area contributed by atoms with Crippen molar-refractivity contribution in [3.8, 4) is 0 Å². The van der Waals surface area contributed by atoms with Gasteiger partial charge in [-0.1, -0.05) is 27.7 Å². The highest BCUT2D eigenvalue weighted by Crippen LogP contribution is 2.28. The molecule has 1 rings (SSSR count). The maximum Gasteiger partial charge on any atom is 0.217 e. The molecule has 1 fully saturated rings. The van der Waals surface area contributed by atoms with Crippen molar-refractivity contribution in [2.45, 2.75) is 59.6 Å². The van der Waals surface area contributed by atoms with Crippen LogP contribution in [0.4, 0.5) is 0 Å². The third kappa shape index (κ3) is 5.49. The molecule has 0 aromatic rings. The van der Waals surface area contributed by atoms with E-state index in [-0.39, 0.29) is 23.5 Å². The largest absolute Gasteiger partial charge is 0.393 e. The highest BCUT2D eigenvalue weighted by Gasteiger charge is 2.31. The molecule has 112 valence electrons. The summed E-state index contributed by atoms with van der Waals surface area (Å²) >= 11 is 0. The monoisotopic (exact) mass is 270 g/mol. The Labute approximate surface area is 117 Å². The fourth-order valence-corrected chi connectivity index (χ4v) is 2.79. The molecule has 1 aliphatic heterocycles. The number of hydrogen-bond acceptors (Lipinski definition) is 3. The number of nitrogens with zero attached hydrogens (tertiary/aromatic N) is 1. The van der Waals surface area contributed by atoms with Crippen LogP contribution < -0.4 is 5.32 Å². The number of piperidine rings is 1. The number of amides is 1. The lowest BCUT2D eigenvalue weighted by molar-refractivity contribution is -0.120. The van der Waals surface area contributed by atoms with Gasteiger partial charge in [0, 0.05) is 26.1 Å². The maximum absolute atomic E-state index is 11.2. The zero-order valence-corrected chi connectivity index (χ0v) is 13.1. The van der Waals surface area contributed by atoms with Crippen LogP contribution in [0.3, 0.4) is 0 Å². The van der Waals surface area contributed by atoms with E-state index >= 15 is 0 Å². The second-order valence-corrected chi connectivity index (χ2v) is 6.97. The predicted molar refractivity (Wildman–Crippen MR) is 77.9 cm³/mol. The zero-order valence-electron chi connectivity index (χ0n) is 13.1. The van der Waals surface area contributed by atoms with Gasteiger partial charge in [0.1, 0.15) is 0 Å². The van der Waals surface area contributed by atoms with E-state index in [9.17, 15) is 9.90 Å². The Bertz CT molecular complexity index is 299. The number of rotatable bonds is 4. The highest BCUT2D eigenvalue weighted by atomic mass is 16.3. The molecule has 19 heavy (non-hydrogen) atoms. The number of likely N-dealkylation sites (N-methyl/N-ethyl adjacent to an activating group) is 1. The van der Waals surface area contributed by atoms with Gasteiger partial charge in [0.2, 0.25) is 5.91 Å². The summed E-state index contributed by atoms with van der Waals surface area (Å²) in [6.07, 6.45) is 1.51. The summed E-state index contributed by atoms with van der Waals surface area (Å²) in [5.41, 5.74) is -0.0714. The molecule has 1 amide bonds. The number of hydrogen-bond donors (Lipinski definition) is 2. The summed E-state index contributed by atoms with van der Waals surface area (Å²) in [5.74, 6) is 0.498. The first-order valence-corrected chi connectivity index (χ1v) is 7.39. The van der Waals surface area contributed by atoms with Gasteiger partial charge in [-0.05, 0) is 30.7 Å². The van der Waals surface area contributed by atoms with Crippen LogP contribution in [0.2, 0.25) is 0 Å². The first-order chi connectivity index (χ1) is 8.72. The molecule has 0 bridgehead atoms. The lowest BCUT2D eigenvalue weighted by atomic mass is 9.80. The first-order valence-electron chi connectivity index (χ1n) is 7.39. The van der Waals surface area contributed by atoms with Gasteiger partial charge >= 0.3 is 0 Å². The maximum atomic E-state index is 11.2. The molecule has 0 saturated carbocycles. The Morgan fingerprint density at radius 3 is 2.53 bits per heavy atom. The van der Waals surface area contributed by atoms with Crippen LogP contribution in [0, 0.1) is 11.3 Å². The summed E-state index contributed by atoms with van der Waals surface area (Å²) in [5, 5.41) is 13.3. The van der Waals surface area contributed by atoms with Crippen LogP contribution in [0.15, 0.2) is 0 Å². The minimum absolute atomic E-state index is 0.0399. The third-order valence-electron chi connectivity index (χ3n) is 4.02. The molecule has 4 nitrogen and oxygen atoms in total. The lowest BCUT2D eigenvalue weighted by Gasteiger charge is -2.39. The molecule has 3 atom stereocenters. The average Bonchev–Trinajstić information content (AvgIpc) is 2.26. The van der Waals surface area contributed by atoms with E-state index in [2.05, 4.69) is 37.9 Å². The molecule has 1 heterocycles. The standard InChI is InChI=1S/C15H30N2O2/c1-6-17-9-12(8-14(19)15(3,4)5)7-13(10-17)16-11(2)18/h12-14,19H,6-10H2,1-5H3,(H,16,18). The van der Waals surface area contributed by atoms with E-state index in [0.29, 0.717) is 5.92 Å². The zero-order chi connectivity index (χ0) is 14.6. The molecule has 1 saturated heterocycles. The lowest BCUT2D eigenvalue weighted by Crippen LogP contribution is -2.51. The Hall–Kier alpha value is -0.610. The molecule has 1 aliphatic rings. The first kappa shape index (κ1) is 16.4. The second-order valence-electron chi connectivity index (χ2n) is 6.97. The van der Waals surface area contributed by atoms with E-state index in [1.54, 1.807) is 6.92 Å². The van der Waals surface area contributed by atoms with Crippen molar-refractivity contribution in [3.05, 3.63) is 0 Å². The third-order valence-corrected chi connectivity index (χ3v) is 4.02. The summed E-state index contributed by atoms with van der Waals surface area (Å²) in [6.45, 7) is 12.9. The van der Waals surface area contributed by atoms with Crippen molar-refractivity contribution >= 4 is 5.91 Å². The Kier molecular flexibility index (Phi) is 5.81. The smallest absolute Gasteiger partial charge is 0.217 e. The fraction of sp³-hybridized carbons (Fsp3) is 0.933. The van der Waals surface area contributed by atoms with Crippen LogP contribution in [-0.2, 0) is 4.79 Å². The molecule has 0 aliphatic carbocycles. The van der Waals surface area contributed by atoms with Crippen molar-refractivity contribution in [1.82, 2.24) is 10.2 Å². The van der Waals surface area contributed by atoms with E-state index in [1.807, 2.05) is 0 Å². The number of aliphatic hydroxyl groups excluding tert-OH is 1. The van der Waals surface area contributed by atoms with Crippen LogP contribution >= 0.6 is 0 Å². The average molecular weight is 270 g/mol. The van der Waals surface area contributed by atoms with Gasteiger partial charge in [-0.2, -0.15) is 0 Å². The van der Waals surface area contributed by atoms with Crippen molar-refractivity contribution in [2.24, 2.45) is 11.3 Å². The number of likely N-dealkylation sites (tertiary alicyclic amines) is 1. The van der Waals surface area contributed by atoms with E-state index in [1.165, 1.54) is 0 Å². The highest BCUT2D eigenvalue weighted by molar-refractivity contribution is 5.73. The normalized spacial score (nSPS) is 27.1. The fourth-order valence-electron chi connectivity index (χ4n) is 2.79. The SMILES string of the molecule is CCN1CC(CC(O)C(C)(C)C)CC(NC(C)=O)C1. The summed E-state index contributed by atoms with van der Waals surface area (Å²) in [6, 6.07) is 0.225. The topological polar surface area (TPSA) is 52.6 Å². The molecular formula is C15H30N2O2. The molecule has 0 radical (unpaired) electrons. The van der Waals surface area contributed by atoms with E-state index in [0.717, 1.165) is 32.5 Å². The van der Waals surface area contributed by atoms with Gasteiger partial charge in [0.05, 0.1) is 6.10 Å². The van der Waals surface area contributed by atoms with Crippen molar-refractivity contribution < 1.29 is 9.90 Å². The van der Waals surface area contributed by atoms with Crippen molar-refractivity contribution in [1.29, 1.82) is 0 Å². The van der Waals surface area contributed by atoms with Crippen LogP contribution in [0.5, 0.6) is 0 Å². The summed E-state index contributed by atoms with van der Waals surface area (Å²) in [4.78, 5) is 13.6. The minimum atomic E-state index is -0.285. The van der Waals surface area contributed by atoms with Crippen molar-refractivity contribution in [3.63, 3.8) is 0 Å². The predicted octanol–water partition coefficient (Wildman–Crippen LogP) is 1.63. The van der Waals surface area contributed by atoms with Gasteiger partial charge in [-0.15, -0.1) is 0 Å². The molecule has 0 aromatic carbocycles. The molecule has 3 unspecified atom stereocenters. The van der Waals surface area contributed by atoms with Crippen LogP contribution in [0.1, 0.15) is 47.5 Å². The van der Waals surface area contributed by atoms with Crippen LogP contribution in [-0.4, -0.2) is 47.7 Å². The second kappa shape index (κ2) is 6.71. The van der Waals surface area contributed by atoms with Crippen molar-refractivity contribution in [2.75, 3.05) is 19.6 Å². The number of carbonyl (C=O) groups excluding carboxylic acids is 1. The molecule has 2 N–H and O–H groups in total. The molecule has 0 aromatic heterocycles. The van der Waals surface area contributed by atoms with Gasteiger partial charge in [-0.3, -0.25) is 4.79 Å². The molecular weight excluding hydrogens is 240 g/mol. The summed E-state index contributed by atoms with van der Waals surface area (Å²) < 4.78 is 0. The van der Waals surface area contributed by atoms with Gasteiger partial charge in [-0.25, -0.2) is 0 Å². The minimum Gasteiger partial charge on any atom is -0.393 e. The number of aliphatic hydroxyl groups is 1. The Morgan fingerprint density at radius 2 is 2.05 bits per heavy atom. The summed E-state index contributed by atoms with van der Waals surface area (Å²) in [7, 11) is 0. The molecule has 0 spiro atoms. The van der Waals surface area contributed by atoms with Gasteiger partial charge in [0.25, 0.3) is 0 Å². The van der Waals surface area contributed by atoms with Gasteiger partial charge in [0.15, 0.2) is 0 Å². The number of nitrogens with one attached hydrogen (secondary N) is 1. The quantitative estimate of drug-likeness (QED) is 0.816. The van der Waals surface area contributed by atoms with E-state index < -0.39 is 0 Å². The van der Waals surface area contributed by atoms with E-state index in [4.69, 9.17) is 0 Å².